The van der Waals surface area contributed by atoms with E-state index in [4.69, 9.17) is 0 Å². The summed E-state index contributed by atoms with van der Waals surface area (Å²) in [7, 11) is 0. The maximum absolute atomic E-state index is 12.1. The van der Waals surface area contributed by atoms with E-state index < -0.39 is 11.9 Å². The van der Waals surface area contributed by atoms with Crippen molar-refractivity contribution in [2.45, 2.75) is 110 Å². The number of hydrogen-bond donors (Lipinski definition) is 2. The molecule has 0 fully saturated rings. The summed E-state index contributed by atoms with van der Waals surface area (Å²) in [5.41, 5.74) is 1.97. The Balaban J connectivity index is 2.88. The summed E-state index contributed by atoms with van der Waals surface area (Å²) >= 11 is 1.87. The molecule has 30 heavy (non-hydrogen) atoms. The van der Waals surface area contributed by atoms with E-state index in [-0.39, 0.29) is 10.8 Å². The molecule has 3 nitrogen and oxygen atoms in total. The summed E-state index contributed by atoms with van der Waals surface area (Å²) < 4.78 is 0. The van der Waals surface area contributed by atoms with Crippen molar-refractivity contribution in [3.63, 3.8) is 0 Å². The third kappa shape index (κ3) is 8.53. The molecule has 0 amide bonds. The fourth-order valence-electron chi connectivity index (χ4n) is 3.72. The van der Waals surface area contributed by atoms with E-state index in [0.717, 1.165) is 28.2 Å². The summed E-state index contributed by atoms with van der Waals surface area (Å²) in [4.78, 5) is 12.1. The first-order valence-corrected chi connectivity index (χ1v) is 12.7. The van der Waals surface area contributed by atoms with Crippen molar-refractivity contribution in [3.05, 3.63) is 28.8 Å². The van der Waals surface area contributed by atoms with Crippen molar-refractivity contribution < 1.29 is 15.0 Å². The second-order valence-electron chi connectivity index (χ2n) is 10.5. The lowest BCUT2D eigenvalue weighted by molar-refractivity contribution is -0.138. The number of rotatable bonds is 12. The summed E-state index contributed by atoms with van der Waals surface area (Å²) in [6, 6.07) is 3.84. The Labute approximate surface area is 189 Å². The minimum atomic E-state index is -0.777. The summed E-state index contributed by atoms with van der Waals surface area (Å²) in [5, 5.41) is 20.8. The van der Waals surface area contributed by atoms with Crippen LogP contribution in [0.5, 0.6) is 5.75 Å². The highest BCUT2D eigenvalue weighted by Crippen LogP contribution is 2.41. The molecule has 1 atom stereocenters. The molecule has 1 rings (SSSR count). The highest BCUT2D eigenvalue weighted by atomic mass is 32.2. The molecule has 0 saturated heterocycles. The van der Waals surface area contributed by atoms with Gasteiger partial charge >= 0.3 is 5.97 Å². The Bertz CT molecular complexity index is 633. The first kappa shape index (κ1) is 26.9. The van der Waals surface area contributed by atoms with Gasteiger partial charge in [0.1, 0.15) is 5.75 Å². The van der Waals surface area contributed by atoms with E-state index in [0.29, 0.717) is 12.2 Å². The number of carbonyl (C=O) groups is 1. The van der Waals surface area contributed by atoms with Crippen LogP contribution in [0.25, 0.3) is 0 Å². The van der Waals surface area contributed by atoms with Crippen molar-refractivity contribution in [2.24, 2.45) is 0 Å². The van der Waals surface area contributed by atoms with Crippen LogP contribution in [0.2, 0.25) is 0 Å². The standard InChI is InChI=1S/C26H44O3S/c1-8-9-10-11-12-13-15-30-16-14-20(24(28)29)19-17-21(25(2,3)4)23(27)22(18-19)26(5,6)7/h17-18,20,27H,8-16H2,1-7H3,(H,28,29). The highest BCUT2D eigenvalue weighted by Gasteiger charge is 2.29. The molecule has 0 aliphatic rings. The van der Waals surface area contributed by atoms with Crippen molar-refractivity contribution in [3.8, 4) is 5.75 Å². The molecule has 0 saturated carbocycles. The molecular formula is C26H44O3S. The zero-order valence-electron chi connectivity index (χ0n) is 20.3. The molecule has 1 aromatic rings. The van der Waals surface area contributed by atoms with Gasteiger partial charge in [0.05, 0.1) is 5.92 Å². The number of thioether (sulfide) groups is 1. The zero-order chi connectivity index (χ0) is 22.9. The maximum Gasteiger partial charge on any atom is 0.311 e. The number of benzene rings is 1. The fraction of sp³-hybridized carbons (Fsp3) is 0.731. The Morgan fingerprint density at radius 3 is 1.87 bits per heavy atom. The van der Waals surface area contributed by atoms with Gasteiger partial charge in [-0.15, -0.1) is 0 Å². The molecule has 0 bridgehead atoms. The Kier molecular flexibility index (Phi) is 10.8. The van der Waals surface area contributed by atoms with E-state index in [1.807, 2.05) is 23.9 Å². The van der Waals surface area contributed by atoms with Gasteiger partial charge in [-0.25, -0.2) is 0 Å². The largest absolute Gasteiger partial charge is 0.507 e. The lowest BCUT2D eigenvalue weighted by Crippen LogP contribution is -2.20. The summed E-state index contributed by atoms with van der Waals surface area (Å²) in [5.74, 6) is 0.947. The number of aromatic hydroxyl groups is 1. The van der Waals surface area contributed by atoms with E-state index >= 15 is 0 Å². The summed E-state index contributed by atoms with van der Waals surface area (Å²) in [6.07, 6.45) is 8.35. The summed E-state index contributed by atoms with van der Waals surface area (Å²) in [6.45, 7) is 14.6. The van der Waals surface area contributed by atoms with E-state index in [1.54, 1.807) is 0 Å². The van der Waals surface area contributed by atoms with Crippen LogP contribution in [0.3, 0.4) is 0 Å². The van der Waals surface area contributed by atoms with Crippen molar-refractivity contribution in [1.82, 2.24) is 0 Å². The predicted molar refractivity (Wildman–Crippen MR) is 131 cm³/mol. The van der Waals surface area contributed by atoms with Gasteiger partial charge < -0.3 is 10.2 Å². The molecule has 4 heteroatoms. The SMILES string of the molecule is CCCCCCCCSCCC(C(=O)O)c1cc(C(C)(C)C)c(O)c(C(C)(C)C)c1. The van der Waals surface area contributed by atoms with Gasteiger partial charge in [0.25, 0.3) is 0 Å². The van der Waals surface area contributed by atoms with Gasteiger partial charge in [0, 0.05) is 0 Å². The second-order valence-corrected chi connectivity index (χ2v) is 11.7. The quantitative estimate of drug-likeness (QED) is 0.330. The monoisotopic (exact) mass is 436 g/mol. The predicted octanol–water partition coefficient (Wildman–Crippen LogP) is 7.64. The van der Waals surface area contributed by atoms with Crippen LogP contribution in [-0.2, 0) is 15.6 Å². The van der Waals surface area contributed by atoms with Crippen LogP contribution >= 0.6 is 11.8 Å². The molecule has 0 aromatic heterocycles. The molecule has 2 N–H and O–H groups in total. The molecule has 1 aromatic carbocycles. The van der Waals surface area contributed by atoms with Crippen molar-refractivity contribution >= 4 is 17.7 Å². The van der Waals surface area contributed by atoms with Gasteiger partial charge in [-0.05, 0) is 51.9 Å². The number of phenolic OH excluding ortho intramolecular Hbond substituents is 1. The molecule has 0 heterocycles. The highest BCUT2D eigenvalue weighted by molar-refractivity contribution is 7.99. The molecule has 1 unspecified atom stereocenters. The molecule has 0 spiro atoms. The second kappa shape index (κ2) is 12.0. The van der Waals surface area contributed by atoms with Crippen LogP contribution < -0.4 is 0 Å². The number of carboxylic acid groups (broad SMARTS) is 1. The molecule has 0 aliphatic heterocycles. The van der Waals surface area contributed by atoms with Crippen molar-refractivity contribution in [2.75, 3.05) is 11.5 Å². The Hall–Kier alpha value is -1.16. The van der Waals surface area contributed by atoms with Gasteiger partial charge in [-0.1, -0.05) is 92.7 Å². The smallest absolute Gasteiger partial charge is 0.311 e. The van der Waals surface area contributed by atoms with Gasteiger partial charge in [-0.2, -0.15) is 11.8 Å². The molecule has 172 valence electrons. The minimum Gasteiger partial charge on any atom is -0.507 e. The molecule has 0 aliphatic carbocycles. The number of phenols is 1. The zero-order valence-corrected chi connectivity index (χ0v) is 21.1. The first-order valence-electron chi connectivity index (χ1n) is 11.6. The number of aliphatic carboxylic acids is 1. The van der Waals surface area contributed by atoms with Gasteiger partial charge in [0.2, 0.25) is 0 Å². The lowest BCUT2D eigenvalue weighted by Gasteiger charge is -2.29. The van der Waals surface area contributed by atoms with Crippen molar-refractivity contribution in [1.29, 1.82) is 0 Å². The topological polar surface area (TPSA) is 57.5 Å². The number of unbranched alkanes of at least 4 members (excludes halogenated alkanes) is 5. The fourth-order valence-corrected chi connectivity index (χ4v) is 4.74. The Morgan fingerprint density at radius 2 is 1.40 bits per heavy atom. The van der Waals surface area contributed by atoms with Crippen LogP contribution in [0.15, 0.2) is 12.1 Å². The average molecular weight is 437 g/mol. The third-order valence-electron chi connectivity index (χ3n) is 5.64. The van der Waals surface area contributed by atoms with E-state index in [1.165, 1.54) is 38.5 Å². The minimum absolute atomic E-state index is 0.254. The third-order valence-corrected chi connectivity index (χ3v) is 6.74. The first-order chi connectivity index (χ1) is 13.9. The molecule has 0 radical (unpaired) electrons. The van der Waals surface area contributed by atoms with Crippen LogP contribution in [0.4, 0.5) is 0 Å². The van der Waals surface area contributed by atoms with E-state index in [2.05, 4.69) is 48.5 Å². The lowest BCUT2D eigenvalue weighted by atomic mass is 9.77. The average Bonchev–Trinajstić information content (AvgIpc) is 2.61. The normalized spacial score (nSPS) is 13.4. The number of hydrogen-bond acceptors (Lipinski definition) is 3. The van der Waals surface area contributed by atoms with Crippen LogP contribution in [0.1, 0.15) is 116 Å². The van der Waals surface area contributed by atoms with E-state index in [9.17, 15) is 15.0 Å². The maximum atomic E-state index is 12.1. The van der Waals surface area contributed by atoms with Gasteiger partial charge in [0.15, 0.2) is 0 Å². The van der Waals surface area contributed by atoms with Crippen LogP contribution in [-0.4, -0.2) is 27.7 Å². The van der Waals surface area contributed by atoms with Crippen LogP contribution in [0, 0.1) is 0 Å². The van der Waals surface area contributed by atoms with Gasteiger partial charge in [-0.3, -0.25) is 4.79 Å². The number of carboxylic acids is 1. The Morgan fingerprint density at radius 1 is 0.900 bits per heavy atom. The molecular weight excluding hydrogens is 392 g/mol.